The number of rotatable bonds is 4. The number of fused-ring (bicyclic) bond motifs is 4. The van der Waals surface area contributed by atoms with Gasteiger partial charge >= 0.3 is 11.8 Å². The van der Waals surface area contributed by atoms with Crippen LogP contribution in [-0.2, 0) is 0 Å². The van der Waals surface area contributed by atoms with Crippen LogP contribution >= 0.6 is 0 Å². The summed E-state index contributed by atoms with van der Waals surface area (Å²) in [7, 11) is 0. The first kappa shape index (κ1) is 16.7. The molecule has 27 heavy (non-hydrogen) atoms. The van der Waals surface area contributed by atoms with Gasteiger partial charge in [-0.15, -0.1) is 0 Å². The molecule has 4 unspecified atom stereocenters. The topological polar surface area (TPSA) is 96.1 Å². The number of furan rings is 1. The van der Waals surface area contributed by atoms with Crippen molar-refractivity contribution >= 4 is 23.2 Å². The largest absolute Gasteiger partial charge is 0.446 e. The zero-order valence-corrected chi connectivity index (χ0v) is 15.2. The summed E-state index contributed by atoms with van der Waals surface area (Å²) in [6.07, 6.45) is 9.27. The molecule has 4 fully saturated rings. The number of hydrazone groups is 2. The lowest BCUT2D eigenvalue weighted by atomic mass is 9.99. The molecule has 5 rings (SSSR count). The summed E-state index contributed by atoms with van der Waals surface area (Å²) in [4.78, 5) is 24.5. The van der Waals surface area contributed by atoms with Gasteiger partial charge in [0.05, 0.1) is 0 Å². The molecule has 4 aliphatic carbocycles. The summed E-state index contributed by atoms with van der Waals surface area (Å²) in [5, 5.41) is 8.56. The van der Waals surface area contributed by atoms with E-state index in [1.165, 1.54) is 50.7 Å². The second-order valence-electron chi connectivity index (χ2n) is 8.41. The molecule has 2 amide bonds. The van der Waals surface area contributed by atoms with Gasteiger partial charge in [-0.2, -0.15) is 10.2 Å². The fourth-order valence-corrected chi connectivity index (χ4v) is 5.26. The SMILES string of the molecule is O=C(NN=C1CC2CCC1C2)c1ccc(C(=O)NN=C2CC3CCC2C3)o1. The van der Waals surface area contributed by atoms with Crippen LogP contribution in [0.3, 0.4) is 0 Å². The molecule has 1 heterocycles. The molecule has 4 aliphatic rings. The smallest absolute Gasteiger partial charge is 0.307 e. The summed E-state index contributed by atoms with van der Waals surface area (Å²) < 4.78 is 5.40. The minimum absolute atomic E-state index is 0.0835. The minimum Gasteiger partial charge on any atom is -0.446 e. The number of carbonyl (C=O) groups excluding carboxylic acids is 2. The Morgan fingerprint density at radius 2 is 1.30 bits per heavy atom. The van der Waals surface area contributed by atoms with Crippen molar-refractivity contribution in [3.05, 3.63) is 23.7 Å². The molecular formula is C20H24N4O3. The second kappa shape index (κ2) is 6.62. The highest BCUT2D eigenvalue weighted by molar-refractivity contribution is 5.98. The summed E-state index contributed by atoms with van der Waals surface area (Å²) in [6.45, 7) is 0. The van der Waals surface area contributed by atoms with E-state index in [4.69, 9.17) is 4.42 Å². The van der Waals surface area contributed by atoms with Crippen LogP contribution < -0.4 is 10.9 Å². The van der Waals surface area contributed by atoms with Gasteiger partial charge in [0.2, 0.25) is 0 Å². The first-order chi connectivity index (χ1) is 13.2. The Balaban J connectivity index is 1.18. The van der Waals surface area contributed by atoms with Gasteiger partial charge in [0.1, 0.15) is 0 Å². The van der Waals surface area contributed by atoms with Crippen molar-refractivity contribution in [2.75, 3.05) is 0 Å². The van der Waals surface area contributed by atoms with Crippen molar-refractivity contribution in [2.24, 2.45) is 33.9 Å². The third-order valence-electron chi connectivity index (χ3n) is 6.68. The zero-order valence-electron chi connectivity index (χ0n) is 15.2. The summed E-state index contributed by atoms with van der Waals surface area (Å²) >= 11 is 0. The monoisotopic (exact) mass is 368 g/mol. The molecule has 0 radical (unpaired) electrons. The van der Waals surface area contributed by atoms with Crippen LogP contribution in [0.15, 0.2) is 26.8 Å². The van der Waals surface area contributed by atoms with Crippen molar-refractivity contribution in [3.63, 3.8) is 0 Å². The van der Waals surface area contributed by atoms with Crippen molar-refractivity contribution in [1.29, 1.82) is 0 Å². The van der Waals surface area contributed by atoms with Gasteiger partial charge in [-0.3, -0.25) is 9.59 Å². The molecule has 0 aliphatic heterocycles. The normalized spacial score (nSPS) is 33.9. The maximum atomic E-state index is 12.2. The quantitative estimate of drug-likeness (QED) is 0.799. The summed E-state index contributed by atoms with van der Waals surface area (Å²) in [5.41, 5.74) is 7.32. The first-order valence-electron chi connectivity index (χ1n) is 9.99. The minimum atomic E-state index is -0.427. The standard InChI is InChI=1S/C20H24N4O3/c25-19(23-21-15-9-11-1-3-13(15)7-11)17-5-6-18(27-17)20(26)24-22-16-10-12-2-4-14(16)8-12/h5-6,11-14H,1-4,7-10H2,(H,23,25)(H,24,26). The van der Waals surface area contributed by atoms with Crippen LogP contribution in [0, 0.1) is 23.7 Å². The van der Waals surface area contributed by atoms with Crippen molar-refractivity contribution in [3.8, 4) is 0 Å². The van der Waals surface area contributed by atoms with E-state index in [1.54, 1.807) is 0 Å². The predicted molar refractivity (Wildman–Crippen MR) is 99.4 cm³/mol. The van der Waals surface area contributed by atoms with Gasteiger partial charge in [-0.05, 0) is 87.2 Å². The third kappa shape index (κ3) is 3.19. The lowest BCUT2D eigenvalue weighted by Crippen LogP contribution is -2.22. The second-order valence-corrected chi connectivity index (χ2v) is 8.41. The lowest BCUT2D eigenvalue weighted by Gasteiger charge is -2.11. The molecule has 0 aromatic carbocycles. The van der Waals surface area contributed by atoms with Crippen molar-refractivity contribution in [2.45, 2.75) is 51.4 Å². The molecule has 7 heteroatoms. The van der Waals surface area contributed by atoms with Crippen LogP contribution in [0.4, 0.5) is 0 Å². The molecule has 1 aromatic rings. The molecular weight excluding hydrogens is 344 g/mol. The third-order valence-corrected chi connectivity index (χ3v) is 6.68. The van der Waals surface area contributed by atoms with E-state index in [-0.39, 0.29) is 11.5 Å². The van der Waals surface area contributed by atoms with E-state index in [1.807, 2.05) is 0 Å². The van der Waals surface area contributed by atoms with Gasteiger partial charge in [0.25, 0.3) is 0 Å². The van der Waals surface area contributed by atoms with Gasteiger partial charge < -0.3 is 4.42 Å². The first-order valence-corrected chi connectivity index (χ1v) is 9.99. The van der Waals surface area contributed by atoms with Crippen LogP contribution in [0.25, 0.3) is 0 Å². The number of nitrogens with zero attached hydrogens (tertiary/aromatic N) is 2. The van der Waals surface area contributed by atoms with E-state index >= 15 is 0 Å². The van der Waals surface area contributed by atoms with Crippen LogP contribution in [0.5, 0.6) is 0 Å². The molecule has 4 atom stereocenters. The fraction of sp³-hybridized carbons (Fsp3) is 0.600. The average molecular weight is 368 g/mol. The maximum absolute atomic E-state index is 12.2. The van der Waals surface area contributed by atoms with Crippen LogP contribution in [0.2, 0.25) is 0 Å². The van der Waals surface area contributed by atoms with E-state index in [0.717, 1.165) is 36.1 Å². The molecule has 4 saturated carbocycles. The Labute approximate surface area is 157 Å². The average Bonchev–Trinajstić information content (AvgIpc) is 3.48. The number of nitrogens with one attached hydrogen (secondary N) is 2. The Kier molecular flexibility index (Phi) is 4.10. The molecule has 0 spiro atoms. The highest BCUT2D eigenvalue weighted by Gasteiger charge is 2.37. The Morgan fingerprint density at radius 3 is 1.67 bits per heavy atom. The van der Waals surface area contributed by atoms with Crippen molar-refractivity contribution in [1.82, 2.24) is 10.9 Å². The molecule has 4 bridgehead atoms. The van der Waals surface area contributed by atoms with Gasteiger partial charge in [0, 0.05) is 11.4 Å². The van der Waals surface area contributed by atoms with E-state index in [2.05, 4.69) is 21.1 Å². The molecule has 1 aromatic heterocycles. The highest BCUT2D eigenvalue weighted by atomic mass is 16.4. The molecule has 2 N–H and O–H groups in total. The molecule has 7 nitrogen and oxygen atoms in total. The number of hydrogen-bond donors (Lipinski definition) is 2. The summed E-state index contributed by atoms with van der Waals surface area (Å²) in [5.74, 6) is 1.84. The summed E-state index contributed by atoms with van der Waals surface area (Å²) in [6, 6.07) is 2.99. The van der Waals surface area contributed by atoms with Crippen molar-refractivity contribution < 1.29 is 14.0 Å². The maximum Gasteiger partial charge on any atom is 0.307 e. The highest BCUT2D eigenvalue weighted by Crippen LogP contribution is 2.43. The fourth-order valence-electron chi connectivity index (χ4n) is 5.26. The van der Waals surface area contributed by atoms with Gasteiger partial charge in [0.15, 0.2) is 11.5 Å². The van der Waals surface area contributed by atoms with E-state index < -0.39 is 11.8 Å². The van der Waals surface area contributed by atoms with Gasteiger partial charge in [-0.25, -0.2) is 10.9 Å². The predicted octanol–water partition coefficient (Wildman–Crippen LogP) is 3.09. The molecule has 142 valence electrons. The van der Waals surface area contributed by atoms with Crippen LogP contribution in [0.1, 0.15) is 72.5 Å². The zero-order chi connectivity index (χ0) is 18.4. The van der Waals surface area contributed by atoms with E-state index in [0.29, 0.717) is 11.8 Å². The number of amides is 2. The number of hydrogen-bond acceptors (Lipinski definition) is 5. The van der Waals surface area contributed by atoms with Crippen LogP contribution in [-0.4, -0.2) is 23.2 Å². The Morgan fingerprint density at radius 1 is 0.815 bits per heavy atom. The van der Waals surface area contributed by atoms with Gasteiger partial charge in [-0.1, -0.05) is 0 Å². The Bertz CT molecular complexity index is 774. The lowest BCUT2D eigenvalue weighted by molar-refractivity contribution is 0.0901. The Hall–Kier alpha value is -2.44. The molecule has 0 saturated heterocycles. The number of carbonyl (C=O) groups is 2. The van der Waals surface area contributed by atoms with E-state index in [9.17, 15) is 9.59 Å².